The van der Waals surface area contributed by atoms with Crippen LogP contribution in [-0.4, -0.2) is 11.5 Å². The van der Waals surface area contributed by atoms with Gasteiger partial charge in [0, 0.05) is 0 Å². The molecule has 0 saturated carbocycles. The fraction of sp³-hybridized carbons (Fsp3) is 0.750. The van der Waals surface area contributed by atoms with Gasteiger partial charge in [-0.1, -0.05) is 37.0 Å². The standard InChI is InChI=1S/C8H14Cl2S2/c1-3-5-11-7(9)8(10)12-6-4-2/h3-6H2,1-2H3/b8-7+. The Kier molecular flexibility index (Phi) is 9.34. The monoisotopic (exact) mass is 244 g/mol. The molecule has 0 aromatic heterocycles. The third kappa shape index (κ3) is 6.53. The van der Waals surface area contributed by atoms with E-state index in [1.165, 1.54) is 0 Å². The van der Waals surface area contributed by atoms with Crippen LogP contribution in [0.25, 0.3) is 0 Å². The third-order valence-electron chi connectivity index (χ3n) is 1.02. The van der Waals surface area contributed by atoms with Gasteiger partial charge in [0.25, 0.3) is 0 Å². The van der Waals surface area contributed by atoms with E-state index < -0.39 is 0 Å². The van der Waals surface area contributed by atoms with Crippen molar-refractivity contribution >= 4 is 46.7 Å². The van der Waals surface area contributed by atoms with E-state index in [1.807, 2.05) is 0 Å². The molecule has 0 heterocycles. The lowest BCUT2D eigenvalue weighted by atomic mass is 10.6. The molecule has 0 radical (unpaired) electrons. The lowest BCUT2D eigenvalue weighted by Crippen LogP contribution is -1.77. The highest BCUT2D eigenvalue weighted by molar-refractivity contribution is 8.08. The third-order valence-corrected chi connectivity index (χ3v) is 4.64. The molecule has 12 heavy (non-hydrogen) atoms. The Bertz CT molecular complexity index is 130. The SMILES string of the molecule is CCCS/C(Cl)=C(\Cl)SCCC. The van der Waals surface area contributed by atoms with E-state index in [4.69, 9.17) is 23.2 Å². The quantitative estimate of drug-likeness (QED) is 0.654. The molecule has 0 rings (SSSR count). The van der Waals surface area contributed by atoms with Crippen LogP contribution in [0, 0.1) is 0 Å². The maximum atomic E-state index is 5.94. The van der Waals surface area contributed by atoms with Gasteiger partial charge < -0.3 is 0 Å². The molecule has 4 heteroatoms. The number of halogens is 2. The van der Waals surface area contributed by atoms with Crippen LogP contribution in [0.2, 0.25) is 0 Å². The van der Waals surface area contributed by atoms with E-state index in [1.54, 1.807) is 23.5 Å². The van der Waals surface area contributed by atoms with Crippen LogP contribution in [0.4, 0.5) is 0 Å². The molecule has 0 saturated heterocycles. The minimum atomic E-state index is 0.747. The number of thioether (sulfide) groups is 2. The predicted molar refractivity (Wildman–Crippen MR) is 64.2 cm³/mol. The lowest BCUT2D eigenvalue weighted by molar-refractivity contribution is 1.11. The number of rotatable bonds is 6. The van der Waals surface area contributed by atoms with E-state index in [9.17, 15) is 0 Å². The van der Waals surface area contributed by atoms with Gasteiger partial charge in [-0.25, -0.2) is 0 Å². The van der Waals surface area contributed by atoms with Gasteiger partial charge in [-0.05, 0) is 24.3 Å². The van der Waals surface area contributed by atoms with Crippen molar-refractivity contribution < 1.29 is 0 Å². The smallest absolute Gasteiger partial charge is 0.0986 e. The molecule has 0 N–H and O–H groups in total. The van der Waals surface area contributed by atoms with Crippen LogP contribution < -0.4 is 0 Å². The normalized spacial score (nSPS) is 13.0. The van der Waals surface area contributed by atoms with Gasteiger partial charge in [0.1, 0.15) is 0 Å². The maximum Gasteiger partial charge on any atom is 0.0986 e. The molecule has 0 nitrogen and oxygen atoms in total. The zero-order valence-corrected chi connectivity index (χ0v) is 10.5. The first-order chi connectivity index (χ1) is 5.72. The highest BCUT2D eigenvalue weighted by atomic mass is 35.5. The number of hydrogen-bond donors (Lipinski definition) is 0. The van der Waals surface area contributed by atoms with Gasteiger partial charge in [0.05, 0.1) is 8.73 Å². The second kappa shape index (κ2) is 8.61. The van der Waals surface area contributed by atoms with Gasteiger partial charge in [-0.15, -0.1) is 23.5 Å². The summed E-state index contributed by atoms with van der Waals surface area (Å²) in [7, 11) is 0. The van der Waals surface area contributed by atoms with Gasteiger partial charge in [0.15, 0.2) is 0 Å². The molecule has 0 fully saturated rings. The molecule has 0 amide bonds. The van der Waals surface area contributed by atoms with E-state index in [0.29, 0.717) is 0 Å². The summed E-state index contributed by atoms with van der Waals surface area (Å²) in [5.41, 5.74) is 0. The highest BCUT2D eigenvalue weighted by Crippen LogP contribution is 2.33. The molecule has 0 aromatic rings. The first-order valence-electron chi connectivity index (χ1n) is 4.03. The summed E-state index contributed by atoms with van der Waals surface area (Å²) in [5, 5.41) is 0. The van der Waals surface area contributed by atoms with Crippen molar-refractivity contribution in [1.82, 2.24) is 0 Å². The molecule has 0 aliphatic carbocycles. The molecule has 0 aliphatic rings. The van der Waals surface area contributed by atoms with Gasteiger partial charge in [-0.3, -0.25) is 0 Å². The summed E-state index contributed by atoms with van der Waals surface area (Å²) in [6.45, 7) is 4.26. The topological polar surface area (TPSA) is 0 Å². The lowest BCUT2D eigenvalue weighted by Gasteiger charge is -2.01. The van der Waals surface area contributed by atoms with Gasteiger partial charge in [-0.2, -0.15) is 0 Å². The van der Waals surface area contributed by atoms with Crippen LogP contribution >= 0.6 is 46.7 Å². The van der Waals surface area contributed by atoms with Crippen molar-refractivity contribution in [2.45, 2.75) is 26.7 Å². The van der Waals surface area contributed by atoms with Crippen LogP contribution in [0.3, 0.4) is 0 Å². The second-order valence-corrected chi connectivity index (χ2v) is 5.66. The van der Waals surface area contributed by atoms with E-state index in [-0.39, 0.29) is 0 Å². The Morgan fingerprint density at radius 2 is 1.25 bits per heavy atom. The Morgan fingerprint density at radius 3 is 1.50 bits per heavy atom. The largest absolute Gasteiger partial charge is 0.112 e. The fourth-order valence-electron chi connectivity index (χ4n) is 0.497. The first kappa shape index (κ1) is 13.0. The van der Waals surface area contributed by atoms with Crippen LogP contribution in [0.1, 0.15) is 26.7 Å². The van der Waals surface area contributed by atoms with E-state index >= 15 is 0 Å². The van der Waals surface area contributed by atoms with E-state index in [2.05, 4.69) is 13.8 Å². The molecule has 0 spiro atoms. The Labute approximate surface area is 93.5 Å². The predicted octanol–water partition coefficient (Wildman–Crippen LogP) is 4.88. The van der Waals surface area contributed by atoms with Gasteiger partial charge >= 0.3 is 0 Å². The minimum Gasteiger partial charge on any atom is -0.112 e. The van der Waals surface area contributed by atoms with Crippen molar-refractivity contribution in [3.05, 3.63) is 8.73 Å². The molecule has 72 valence electrons. The summed E-state index contributed by atoms with van der Waals surface area (Å²) >= 11 is 15.1. The summed E-state index contributed by atoms with van der Waals surface area (Å²) in [5.74, 6) is 2.09. The zero-order chi connectivity index (χ0) is 9.40. The average molecular weight is 245 g/mol. The molecular weight excluding hydrogens is 231 g/mol. The average Bonchev–Trinajstić information content (AvgIpc) is 2.10. The summed E-state index contributed by atoms with van der Waals surface area (Å²) in [6.07, 6.45) is 2.26. The Balaban J connectivity index is 3.72. The van der Waals surface area contributed by atoms with Crippen LogP contribution in [0.15, 0.2) is 8.73 Å². The second-order valence-electron chi connectivity index (χ2n) is 2.24. The summed E-state index contributed by atoms with van der Waals surface area (Å²) < 4.78 is 1.49. The molecule has 0 aromatic carbocycles. The van der Waals surface area contributed by atoms with Crippen LogP contribution in [-0.2, 0) is 0 Å². The van der Waals surface area contributed by atoms with Crippen molar-refractivity contribution in [2.75, 3.05) is 11.5 Å². The van der Waals surface area contributed by atoms with Crippen molar-refractivity contribution in [3.8, 4) is 0 Å². The van der Waals surface area contributed by atoms with Crippen molar-refractivity contribution in [2.24, 2.45) is 0 Å². The Morgan fingerprint density at radius 1 is 0.917 bits per heavy atom. The van der Waals surface area contributed by atoms with Crippen molar-refractivity contribution in [3.63, 3.8) is 0 Å². The molecule has 0 aliphatic heterocycles. The summed E-state index contributed by atoms with van der Waals surface area (Å²) in [6, 6.07) is 0. The number of hydrogen-bond acceptors (Lipinski definition) is 2. The van der Waals surface area contributed by atoms with E-state index in [0.717, 1.165) is 33.1 Å². The summed E-state index contributed by atoms with van der Waals surface area (Å²) in [4.78, 5) is 0. The van der Waals surface area contributed by atoms with Gasteiger partial charge in [0.2, 0.25) is 0 Å². The molecule has 0 bridgehead atoms. The molecular formula is C8H14Cl2S2. The fourth-order valence-corrected chi connectivity index (χ4v) is 2.63. The zero-order valence-electron chi connectivity index (χ0n) is 7.40. The maximum absolute atomic E-state index is 5.94. The van der Waals surface area contributed by atoms with Crippen LogP contribution in [0.5, 0.6) is 0 Å². The Hall–Kier alpha value is 1.02. The minimum absolute atomic E-state index is 0.747. The molecule has 0 unspecified atom stereocenters. The van der Waals surface area contributed by atoms with Crippen molar-refractivity contribution in [1.29, 1.82) is 0 Å². The highest BCUT2D eigenvalue weighted by Gasteiger charge is 2.01. The molecule has 0 atom stereocenters. The first-order valence-corrected chi connectivity index (χ1v) is 6.75.